The van der Waals surface area contributed by atoms with Gasteiger partial charge in [0.15, 0.2) is 0 Å². The molecule has 0 aromatic carbocycles. The Kier molecular flexibility index (Phi) is 4.99. The minimum atomic E-state index is -0.177. The normalized spacial score (nSPS) is 19.8. The number of hydrogen-bond acceptors (Lipinski definition) is 4. The van der Waals surface area contributed by atoms with Gasteiger partial charge in [-0.1, -0.05) is 0 Å². The Balaban J connectivity index is 1.65. The second-order valence-electron chi connectivity index (χ2n) is 6.68. The van der Waals surface area contributed by atoms with Crippen LogP contribution in [0, 0.1) is 0 Å². The van der Waals surface area contributed by atoms with Crippen molar-refractivity contribution in [1.29, 1.82) is 0 Å². The Hall–Kier alpha value is -2.15. The van der Waals surface area contributed by atoms with Crippen LogP contribution in [0.2, 0.25) is 0 Å². The van der Waals surface area contributed by atoms with Gasteiger partial charge >= 0.3 is 0 Å². The van der Waals surface area contributed by atoms with Crippen molar-refractivity contribution in [3.05, 3.63) is 30.7 Å². The number of hydrogen-bond donors (Lipinski definition) is 1. The van der Waals surface area contributed by atoms with Crippen LogP contribution in [-0.4, -0.2) is 49.0 Å². The number of rotatable bonds is 6. The van der Waals surface area contributed by atoms with E-state index in [4.69, 9.17) is 0 Å². The highest BCUT2D eigenvalue weighted by Crippen LogP contribution is 2.22. The quantitative estimate of drug-likeness (QED) is 0.881. The summed E-state index contributed by atoms with van der Waals surface area (Å²) in [5.74, 6) is 0.773. The molecule has 7 heteroatoms. The molecule has 0 unspecified atom stereocenters. The van der Waals surface area contributed by atoms with Crippen LogP contribution >= 0.6 is 0 Å². The highest BCUT2D eigenvalue weighted by molar-refractivity contribution is 5.93. The molecule has 0 spiro atoms. The van der Waals surface area contributed by atoms with Gasteiger partial charge in [0, 0.05) is 30.5 Å². The van der Waals surface area contributed by atoms with E-state index in [-0.39, 0.29) is 18.0 Å². The van der Waals surface area contributed by atoms with Crippen LogP contribution in [0.5, 0.6) is 0 Å². The number of anilines is 1. The van der Waals surface area contributed by atoms with Crippen molar-refractivity contribution in [3.8, 4) is 0 Å². The van der Waals surface area contributed by atoms with Crippen LogP contribution in [0.4, 0.5) is 5.82 Å². The lowest BCUT2D eigenvalue weighted by molar-refractivity contribution is -0.121. The zero-order valence-corrected chi connectivity index (χ0v) is 14.6. The van der Waals surface area contributed by atoms with Gasteiger partial charge in [0.05, 0.1) is 18.8 Å². The van der Waals surface area contributed by atoms with Gasteiger partial charge in [-0.3, -0.25) is 14.4 Å². The first-order valence-corrected chi connectivity index (χ1v) is 8.64. The first-order valence-electron chi connectivity index (χ1n) is 8.64. The molecule has 2 aromatic rings. The average Bonchev–Trinajstić information content (AvgIpc) is 3.28. The molecule has 3 rings (SSSR count). The first-order chi connectivity index (χ1) is 11.6. The lowest BCUT2D eigenvalue weighted by Crippen LogP contribution is -2.46. The summed E-state index contributed by atoms with van der Waals surface area (Å²) in [6.45, 7) is 7.85. The molecule has 2 aromatic heterocycles. The summed E-state index contributed by atoms with van der Waals surface area (Å²) < 4.78 is 3.78. The maximum atomic E-state index is 12.7. The predicted molar refractivity (Wildman–Crippen MR) is 92.7 cm³/mol. The van der Waals surface area contributed by atoms with Gasteiger partial charge in [0.25, 0.3) is 0 Å². The van der Waals surface area contributed by atoms with E-state index in [2.05, 4.69) is 20.4 Å². The van der Waals surface area contributed by atoms with Crippen LogP contribution in [0.25, 0.3) is 0 Å². The van der Waals surface area contributed by atoms with Crippen LogP contribution < -0.4 is 5.32 Å². The summed E-state index contributed by atoms with van der Waals surface area (Å²) in [6.07, 6.45) is 7.70. The summed E-state index contributed by atoms with van der Waals surface area (Å²) in [6, 6.07) is 4.16. The van der Waals surface area contributed by atoms with Crippen molar-refractivity contribution in [3.63, 3.8) is 0 Å². The Morgan fingerprint density at radius 3 is 2.88 bits per heavy atom. The van der Waals surface area contributed by atoms with E-state index in [9.17, 15) is 4.79 Å². The first kappa shape index (κ1) is 16.7. The molecular weight excluding hydrogens is 304 g/mol. The topological polar surface area (TPSA) is 68.0 Å². The highest BCUT2D eigenvalue weighted by Gasteiger charge is 2.32. The summed E-state index contributed by atoms with van der Waals surface area (Å²) in [7, 11) is 0. The minimum Gasteiger partial charge on any atom is -0.310 e. The highest BCUT2D eigenvalue weighted by atomic mass is 16.2. The van der Waals surface area contributed by atoms with Crippen molar-refractivity contribution in [2.75, 3.05) is 11.9 Å². The average molecular weight is 330 g/mol. The monoisotopic (exact) mass is 330 g/mol. The van der Waals surface area contributed by atoms with E-state index < -0.39 is 0 Å². The molecule has 1 aliphatic heterocycles. The van der Waals surface area contributed by atoms with E-state index in [1.165, 1.54) is 0 Å². The second-order valence-corrected chi connectivity index (χ2v) is 6.68. The van der Waals surface area contributed by atoms with Crippen molar-refractivity contribution in [1.82, 2.24) is 24.5 Å². The fourth-order valence-electron chi connectivity index (χ4n) is 3.39. The molecule has 24 heavy (non-hydrogen) atoms. The Morgan fingerprint density at radius 2 is 2.17 bits per heavy atom. The van der Waals surface area contributed by atoms with Gasteiger partial charge in [-0.2, -0.15) is 10.2 Å². The SMILES string of the molecule is CC(C)n1nccc1NC(=O)[C@@H](C)N1CCC[C@@H]1Cn1cccn1. The van der Waals surface area contributed by atoms with Gasteiger partial charge in [0.2, 0.25) is 5.91 Å². The molecule has 0 bridgehead atoms. The number of aromatic nitrogens is 4. The third-order valence-corrected chi connectivity index (χ3v) is 4.67. The molecule has 0 aliphatic carbocycles. The fourth-order valence-corrected chi connectivity index (χ4v) is 3.39. The summed E-state index contributed by atoms with van der Waals surface area (Å²) in [5, 5.41) is 11.6. The molecule has 1 N–H and O–H groups in total. The fraction of sp³-hybridized carbons (Fsp3) is 0.588. The molecule has 1 amide bonds. The van der Waals surface area contributed by atoms with Gasteiger partial charge in [0.1, 0.15) is 5.82 Å². The Bertz CT molecular complexity index is 662. The molecule has 1 aliphatic rings. The molecule has 1 saturated heterocycles. The Morgan fingerprint density at radius 1 is 1.33 bits per heavy atom. The largest absolute Gasteiger partial charge is 0.310 e. The number of likely N-dealkylation sites (tertiary alicyclic amines) is 1. The van der Waals surface area contributed by atoms with Crippen LogP contribution in [0.1, 0.15) is 39.7 Å². The predicted octanol–water partition coefficient (Wildman–Crippen LogP) is 2.15. The van der Waals surface area contributed by atoms with Gasteiger partial charge in [-0.25, -0.2) is 4.68 Å². The van der Waals surface area contributed by atoms with Crippen molar-refractivity contribution in [2.24, 2.45) is 0 Å². The van der Waals surface area contributed by atoms with E-state index in [0.29, 0.717) is 6.04 Å². The zero-order chi connectivity index (χ0) is 17.1. The lowest BCUT2D eigenvalue weighted by atomic mass is 10.2. The third kappa shape index (κ3) is 3.51. The molecule has 0 radical (unpaired) electrons. The molecule has 7 nitrogen and oxygen atoms in total. The Labute approximate surface area is 142 Å². The molecule has 2 atom stereocenters. The van der Waals surface area contributed by atoms with Crippen molar-refractivity contribution < 1.29 is 4.79 Å². The number of amides is 1. The van der Waals surface area contributed by atoms with E-state index in [1.807, 2.05) is 48.5 Å². The van der Waals surface area contributed by atoms with Gasteiger partial charge in [-0.15, -0.1) is 0 Å². The van der Waals surface area contributed by atoms with Crippen molar-refractivity contribution >= 4 is 11.7 Å². The van der Waals surface area contributed by atoms with Crippen LogP contribution in [0.15, 0.2) is 30.7 Å². The number of carbonyl (C=O) groups excluding carboxylic acids is 1. The maximum Gasteiger partial charge on any atom is 0.242 e. The van der Waals surface area contributed by atoms with Gasteiger partial charge < -0.3 is 5.32 Å². The number of nitrogens with zero attached hydrogens (tertiary/aromatic N) is 5. The van der Waals surface area contributed by atoms with E-state index >= 15 is 0 Å². The van der Waals surface area contributed by atoms with Crippen LogP contribution in [0.3, 0.4) is 0 Å². The molecular formula is C17H26N6O. The summed E-state index contributed by atoms with van der Waals surface area (Å²) in [5.41, 5.74) is 0. The number of carbonyl (C=O) groups is 1. The third-order valence-electron chi connectivity index (χ3n) is 4.67. The number of nitrogens with one attached hydrogen (secondary N) is 1. The van der Waals surface area contributed by atoms with Crippen molar-refractivity contribution in [2.45, 2.75) is 58.3 Å². The second kappa shape index (κ2) is 7.17. The molecule has 0 saturated carbocycles. The molecule has 130 valence electrons. The van der Waals surface area contributed by atoms with E-state index in [0.717, 1.165) is 31.7 Å². The smallest absolute Gasteiger partial charge is 0.242 e. The summed E-state index contributed by atoms with van der Waals surface area (Å²) >= 11 is 0. The van der Waals surface area contributed by atoms with Crippen LogP contribution in [-0.2, 0) is 11.3 Å². The molecule has 3 heterocycles. The minimum absolute atomic E-state index is 0.0183. The zero-order valence-electron chi connectivity index (χ0n) is 14.6. The maximum absolute atomic E-state index is 12.7. The summed E-state index contributed by atoms with van der Waals surface area (Å²) in [4.78, 5) is 15.0. The van der Waals surface area contributed by atoms with Gasteiger partial charge in [-0.05, 0) is 46.2 Å². The van der Waals surface area contributed by atoms with E-state index in [1.54, 1.807) is 12.4 Å². The lowest BCUT2D eigenvalue weighted by Gasteiger charge is -2.29. The standard InChI is InChI=1S/C17H26N6O/c1-13(2)23-16(7-9-19-23)20-17(24)14(3)22-11-4-6-15(22)12-21-10-5-8-18-21/h5,7-10,13-15H,4,6,11-12H2,1-3H3,(H,20,24)/t14-,15-/m1/s1. The molecule has 1 fully saturated rings.